The summed E-state index contributed by atoms with van der Waals surface area (Å²) in [7, 11) is 0. The first kappa shape index (κ1) is 21.2. The highest BCUT2D eigenvalue weighted by Gasteiger charge is 2.38. The number of aryl methyl sites for hydroxylation is 1. The number of nitrogens with zero attached hydrogens (tertiary/aromatic N) is 2. The highest BCUT2D eigenvalue weighted by atomic mass is 16.6. The lowest BCUT2D eigenvalue weighted by atomic mass is 10.0. The molecule has 0 aliphatic carbocycles. The quantitative estimate of drug-likeness (QED) is 0.299. The molecule has 0 bridgehead atoms. The van der Waals surface area contributed by atoms with Gasteiger partial charge in [0.15, 0.2) is 6.10 Å². The summed E-state index contributed by atoms with van der Waals surface area (Å²) in [5, 5.41) is 11.2. The van der Waals surface area contributed by atoms with Gasteiger partial charge in [-0.15, -0.1) is 0 Å². The monoisotopic (exact) mass is 410 g/mol. The van der Waals surface area contributed by atoms with Crippen molar-refractivity contribution in [1.82, 2.24) is 0 Å². The minimum atomic E-state index is -0.926. The number of nitro benzene ring substituents is 1. The van der Waals surface area contributed by atoms with Crippen LogP contribution < -0.4 is 4.90 Å². The molecule has 30 heavy (non-hydrogen) atoms. The molecular formula is C22H22N2O6. The Bertz CT molecular complexity index is 988. The zero-order valence-electron chi connectivity index (χ0n) is 16.7. The largest absolute Gasteiger partial charge is 0.454 e. The summed E-state index contributed by atoms with van der Waals surface area (Å²) < 4.78 is 5.44. The van der Waals surface area contributed by atoms with Gasteiger partial charge in [-0.25, -0.2) is 0 Å². The van der Waals surface area contributed by atoms with Crippen LogP contribution in [0.25, 0.3) is 0 Å². The first-order chi connectivity index (χ1) is 14.3. The van der Waals surface area contributed by atoms with Crippen molar-refractivity contribution in [3.05, 3.63) is 69.8 Å². The van der Waals surface area contributed by atoms with E-state index < -0.39 is 22.9 Å². The molecule has 2 aromatic carbocycles. The summed E-state index contributed by atoms with van der Waals surface area (Å²) in [5.41, 5.74) is 1.20. The Hall–Kier alpha value is -3.55. The van der Waals surface area contributed by atoms with Gasteiger partial charge in [0.1, 0.15) is 0 Å². The standard InChI is InChI=1S/C22H22N2O6/c1-3-19(21(26)15-7-5-4-6-8-15)30-22(27)16-11-20(25)23(13-16)17-10-9-14(2)18(12-17)24(28)29/h4-10,12,16,19H,3,11,13H2,1-2H3/t16-,19+/m0/s1. The molecule has 8 heteroatoms. The molecule has 1 saturated heterocycles. The summed E-state index contributed by atoms with van der Waals surface area (Å²) in [6.07, 6.45) is -0.686. The predicted octanol–water partition coefficient (Wildman–Crippen LogP) is 3.46. The molecule has 3 rings (SSSR count). The maximum atomic E-state index is 12.6. The number of hydrogen-bond acceptors (Lipinski definition) is 6. The summed E-state index contributed by atoms with van der Waals surface area (Å²) >= 11 is 0. The predicted molar refractivity (Wildman–Crippen MR) is 109 cm³/mol. The number of anilines is 1. The average molecular weight is 410 g/mol. The van der Waals surface area contributed by atoms with Crippen LogP contribution >= 0.6 is 0 Å². The Kier molecular flexibility index (Phi) is 6.25. The maximum absolute atomic E-state index is 12.6. The molecule has 0 radical (unpaired) electrons. The van der Waals surface area contributed by atoms with E-state index in [0.29, 0.717) is 23.2 Å². The third kappa shape index (κ3) is 4.37. The van der Waals surface area contributed by atoms with Crippen molar-refractivity contribution in [2.45, 2.75) is 32.8 Å². The number of hydrogen-bond donors (Lipinski definition) is 0. The Labute approximate surface area is 173 Å². The second-order valence-corrected chi connectivity index (χ2v) is 7.20. The van der Waals surface area contributed by atoms with E-state index in [9.17, 15) is 24.5 Å². The molecule has 156 valence electrons. The van der Waals surface area contributed by atoms with Gasteiger partial charge in [0, 0.05) is 30.2 Å². The smallest absolute Gasteiger partial charge is 0.312 e. The summed E-state index contributed by atoms with van der Waals surface area (Å²) in [5.74, 6) is -1.97. The topological polar surface area (TPSA) is 107 Å². The van der Waals surface area contributed by atoms with Crippen LogP contribution in [0.2, 0.25) is 0 Å². The first-order valence-electron chi connectivity index (χ1n) is 9.67. The maximum Gasteiger partial charge on any atom is 0.312 e. The number of ketones is 1. The van der Waals surface area contributed by atoms with E-state index in [1.54, 1.807) is 56.3 Å². The third-order valence-electron chi connectivity index (χ3n) is 5.14. The van der Waals surface area contributed by atoms with E-state index in [2.05, 4.69) is 0 Å². The van der Waals surface area contributed by atoms with Crippen LogP contribution in [-0.4, -0.2) is 35.2 Å². The van der Waals surface area contributed by atoms with Gasteiger partial charge in [0.05, 0.1) is 16.5 Å². The molecule has 8 nitrogen and oxygen atoms in total. The van der Waals surface area contributed by atoms with Gasteiger partial charge < -0.3 is 9.64 Å². The molecule has 1 aliphatic rings. The number of carbonyl (C=O) groups excluding carboxylic acids is 3. The molecule has 0 saturated carbocycles. The van der Waals surface area contributed by atoms with Crippen LogP contribution in [0.3, 0.4) is 0 Å². The van der Waals surface area contributed by atoms with Crippen molar-refractivity contribution in [3.8, 4) is 0 Å². The fraction of sp³-hybridized carbons (Fsp3) is 0.318. The van der Waals surface area contributed by atoms with Crippen LogP contribution in [0.1, 0.15) is 35.7 Å². The molecule has 0 unspecified atom stereocenters. The van der Waals surface area contributed by atoms with Crippen LogP contribution in [0, 0.1) is 23.0 Å². The lowest BCUT2D eigenvalue weighted by Gasteiger charge is -2.19. The van der Waals surface area contributed by atoms with Crippen LogP contribution in [0.4, 0.5) is 11.4 Å². The molecule has 2 aromatic rings. The van der Waals surface area contributed by atoms with Crippen molar-refractivity contribution in [3.63, 3.8) is 0 Å². The van der Waals surface area contributed by atoms with E-state index in [4.69, 9.17) is 4.74 Å². The van der Waals surface area contributed by atoms with Gasteiger partial charge in [-0.3, -0.25) is 24.5 Å². The van der Waals surface area contributed by atoms with E-state index in [1.807, 2.05) is 0 Å². The second-order valence-electron chi connectivity index (χ2n) is 7.20. The normalized spacial score (nSPS) is 16.9. The van der Waals surface area contributed by atoms with E-state index in [1.165, 1.54) is 11.0 Å². The number of nitro groups is 1. The Morgan fingerprint density at radius 2 is 1.93 bits per heavy atom. The van der Waals surface area contributed by atoms with Gasteiger partial charge in [-0.1, -0.05) is 43.3 Å². The highest BCUT2D eigenvalue weighted by molar-refractivity contribution is 6.02. The fourth-order valence-electron chi connectivity index (χ4n) is 3.42. The van der Waals surface area contributed by atoms with E-state index in [-0.39, 0.29) is 30.3 Å². The van der Waals surface area contributed by atoms with Crippen molar-refractivity contribution in [2.24, 2.45) is 5.92 Å². The average Bonchev–Trinajstić information content (AvgIpc) is 3.14. The zero-order chi connectivity index (χ0) is 21.8. The lowest BCUT2D eigenvalue weighted by molar-refractivity contribution is -0.385. The van der Waals surface area contributed by atoms with Crippen LogP contribution in [-0.2, 0) is 14.3 Å². The number of Topliss-reactive ketones (excluding diaryl/α,β-unsaturated/α-hetero) is 1. The SMILES string of the molecule is CC[C@@H](OC(=O)[C@H]1CC(=O)N(c2ccc(C)c([N+](=O)[O-])c2)C1)C(=O)c1ccccc1. The van der Waals surface area contributed by atoms with Gasteiger partial charge in [0.2, 0.25) is 11.7 Å². The molecule has 0 aromatic heterocycles. The van der Waals surface area contributed by atoms with Crippen molar-refractivity contribution < 1.29 is 24.0 Å². The lowest BCUT2D eigenvalue weighted by Crippen LogP contribution is -2.31. The van der Waals surface area contributed by atoms with Gasteiger partial charge in [0.25, 0.3) is 5.69 Å². The summed E-state index contributed by atoms with van der Waals surface area (Å²) in [4.78, 5) is 49.7. The molecule has 0 N–H and O–H groups in total. The fourth-order valence-corrected chi connectivity index (χ4v) is 3.42. The molecule has 1 amide bonds. The number of rotatable bonds is 7. The van der Waals surface area contributed by atoms with Crippen molar-refractivity contribution in [1.29, 1.82) is 0 Å². The third-order valence-corrected chi connectivity index (χ3v) is 5.14. The second kappa shape index (κ2) is 8.86. The number of amides is 1. The zero-order valence-corrected chi connectivity index (χ0v) is 16.7. The molecule has 0 spiro atoms. The van der Waals surface area contributed by atoms with Crippen molar-refractivity contribution >= 4 is 29.0 Å². The van der Waals surface area contributed by atoms with E-state index >= 15 is 0 Å². The Balaban J connectivity index is 1.71. The van der Waals surface area contributed by atoms with E-state index in [0.717, 1.165) is 0 Å². The number of esters is 1. The Morgan fingerprint density at radius 3 is 2.57 bits per heavy atom. The molecule has 1 fully saturated rings. The Morgan fingerprint density at radius 1 is 1.23 bits per heavy atom. The number of ether oxygens (including phenoxy) is 1. The summed E-state index contributed by atoms with van der Waals surface area (Å²) in [6, 6.07) is 13.1. The first-order valence-corrected chi connectivity index (χ1v) is 9.67. The van der Waals surface area contributed by atoms with Crippen molar-refractivity contribution in [2.75, 3.05) is 11.4 Å². The van der Waals surface area contributed by atoms with Crippen LogP contribution in [0.15, 0.2) is 48.5 Å². The molecule has 2 atom stereocenters. The number of carbonyl (C=O) groups is 3. The molecule has 1 heterocycles. The van der Waals surface area contributed by atoms with Crippen LogP contribution in [0.5, 0.6) is 0 Å². The van der Waals surface area contributed by atoms with Gasteiger partial charge in [-0.05, 0) is 19.4 Å². The molecular weight excluding hydrogens is 388 g/mol. The van der Waals surface area contributed by atoms with Gasteiger partial charge >= 0.3 is 5.97 Å². The summed E-state index contributed by atoms with van der Waals surface area (Å²) in [6.45, 7) is 3.41. The molecule has 1 aliphatic heterocycles. The van der Waals surface area contributed by atoms with Gasteiger partial charge in [-0.2, -0.15) is 0 Å². The minimum absolute atomic E-state index is 0.0494. The minimum Gasteiger partial charge on any atom is -0.454 e. The number of benzene rings is 2. The highest BCUT2D eigenvalue weighted by Crippen LogP contribution is 2.30.